The monoisotopic (exact) mass is 487 g/mol. The van der Waals surface area contributed by atoms with E-state index >= 15 is 0 Å². The maximum Gasteiger partial charge on any atom is 0.343 e. The molecule has 0 bridgehead atoms. The fourth-order valence-corrected chi connectivity index (χ4v) is 4.12. The second-order valence-corrected chi connectivity index (χ2v) is 8.23. The third-order valence-corrected chi connectivity index (χ3v) is 6.18. The van der Waals surface area contributed by atoms with Crippen molar-refractivity contribution in [1.29, 1.82) is 0 Å². The summed E-state index contributed by atoms with van der Waals surface area (Å²) >= 11 is 0. The van der Waals surface area contributed by atoms with Crippen LogP contribution < -0.4 is 23.8 Å². The predicted molar refractivity (Wildman–Crippen MR) is 139 cm³/mol. The molecule has 7 heteroatoms. The van der Waals surface area contributed by atoms with Crippen molar-refractivity contribution in [2.24, 2.45) is 0 Å². The van der Waals surface area contributed by atoms with Gasteiger partial charge in [-0.3, -0.25) is 4.79 Å². The van der Waals surface area contributed by atoms with Crippen molar-refractivity contribution in [3.8, 4) is 23.0 Å². The number of ketones is 1. The Balaban J connectivity index is 1.54. The zero-order valence-corrected chi connectivity index (χ0v) is 21.1. The number of esters is 1. The van der Waals surface area contributed by atoms with E-state index in [9.17, 15) is 9.59 Å². The van der Waals surface area contributed by atoms with Crippen LogP contribution in [0, 0.1) is 6.92 Å². The molecular weight excluding hydrogens is 458 g/mol. The summed E-state index contributed by atoms with van der Waals surface area (Å²) in [6.45, 7) is 7.83. The molecule has 0 spiro atoms. The molecule has 7 nitrogen and oxygen atoms in total. The highest BCUT2D eigenvalue weighted by molar-refractivity contribution is 6.15. The highest BCUT2D eigenvalue weighted by Gasteiger charge is 2.30. The molecule has 1 aliphatic rings. The van der Waals surface area contributed by atoms with Crippen LogP contribution in [0.1, 0.15) is 45.7 Å². The average molecular weight is 488 g/mol. The lowest BCUT2D eigenvalue weighted by molar-refractivity contribution is 0.0732. The Kier molecular flexibility index (Phi) is 7.29. The minimum atomic E-state index is -0.563. The van der Waals surface area contributed by atoms with Gasteiger partial charge in [-0.1, -0.05) is 12.1 Å². The van der Waals surface area contributed by atoms with E-state index in [1.54, 1.807) is 43.3 Å². The minimum absolute atomic E-state index is 0.210. The van der Waals surface area contributed by atoms with E-state index in [-0.39, 0.29) is 11.5 Å². The summed E-state index contributed by atoms with van der Waals surface area (Å²) in [4.78, 5) is 28.0. The Morgan fingerprint density at radius 1 is 0.917 bits per heavy atom. The lowest BCUT2D eigenvalue weighted by Gasteiger charge is -2.20. The maximum absolute atomic E-state index is 13.0. The average Bonchev–Trinajstić information content (AvgIpc) is 3.22. The summed E-state index contributed by atoms with van der Waals surface area (Å²) in [6.07, 6.45) is 1.73. The summed E-state index contributed by atoms with van der Waals surface area (Å²) in [7, 11) is 3.02. The van der Waals surface area contributed by atoms with Crippen LogP contribution in [0.5, 0.6) is 23.0 Å². The number of rotatable bonds is 8. The molecule has 0 saturated carbocycles. The molecule has 0 amide bonds. The maximum atomic E-state index is 13.0. The first-order valence-corrected chi connectivity index (χ1v) is 11.8. The van der Waals surface area contributed by atoms with Gasteiger partial charge in [0, 0.05) is 24.3 Å². The van der Waals surface area contributed by atoms with E-state index in [4.69, 9.17) is 18.9 Å². The van der Waals surface area contributed by atoms with Gasteiger partial charge in [0.25, 0.3) is 0 Å². The molecule has 0 atom stereocenters. The van der Waals surface area contributed by atoms with Crippen molar-refractivity contribution in [1.82, 2.24) is 0 Å². The fourth-order valence-electron chi connectivity index (χ4n) is 4.12. The highest BCUT2D eigenvalue weighted by Crippen LogP contribution is 2.39. The number of ether oxygens (including phenoxy) is 4. The van der Waals surface area contributed by atoms with Gasteiger partial charge in [-0.2, -0.15) is 0 Å². The topological polar surface area (TPSA) is 74.3 Å². The summed E-state index contributed by atoms with van der Waals surface area (Å²) in [6, 6.07) is 16.0. The summed E-state index contributed by atoms with van der Waals surface area (Å²) in [5, 5.41) is 0. The molecule has 1 heterocycles. The van der Waals surface area contributed by atoms with Crippen LogP contribution in [0.15, 0.2) is 60.4 Å². The third-order valence-electron chi connectivity index (χ3n) is 6.18. The van der Waals surface area contributed by atoms with Crippen LogP contribution in [-0.2, 0) is 0 Å². The van der Waals surface area contributed by atoms with Crippen LogP contribution in [0.2, 0.25) is 0 Å². The summed E-state index contributed by atoms with van der Waals surface area (Å²) in [5.74, 6) is 1.09. The molecule has 3 aromatic rings. The number of nitrogens with zero attached hydrogens (tertiary/aromatic N) is 1. The Morgan fingerprint density at radius 3 is 2.22 bits per heavy atom. The van der Waals surface area contributed by atoms with E-state index in [1.165, 1.54) is 14.2 Å². The number of allylic oxidation sites excluding steroid dienone is 1. The molecule has 0 radical (unpaired) electrons. The van der Waals surface area contributed by atoms with Gasteiger partial charge in [0.1, 0.15) is 11.5 Å². The largest absolute Gasteiger partial charge is 0.493 e. The van der Waals surface area contributed by atoms with Gasteiger partial charge in [-0.15, -0.1) is 0 Å². The number of carbonyl (C=O) groups is 2. The van der Waals surface area contributed by atoms with Crippen LogP contribution in [0.25, 0.3) is 6.08 Å². The number of carbonyl (C=O) groups excluding carboxylic acids is 2. The Labute approximate surface area is 210 Å². The zero-order chi connectivity index (χ0) is 25.8. The molecule has 4 rings (SSSR count). The van der Waals surface area contributed by atoms with Crippen molar-refractivity contribution in [2.75, 3.05) is 32.2 Å². The first-order chi connectivity index (χ1) is 17.4. The molecule has 0 unspecified atom stereocenters. The lowest BCUT2D eigenvalue weighted by Crippen LogP contribution is -2.21. The molecule has 0 fully saturated rings. The van der Waals surface area contributed by atoms with Gasteiger partial charge in [0.2, 0.25) is 5.78 Å². The number of methoxy groups -OCH3 is 2. The van der Waals surface area contributed by atoms with E-state index in [0.717, 1.165) is 24.3 Å². The van der Waals surface area contributed by atoms with Crippen molar-refractivity contribution >= 4 is 23.5 Å². The Bertz CT molecular complexity index is 1320. The standard InChI is InChI=1S/C29H29NO6/c1-6-30(7-2)21-11-8-19(9-12-21)16-26-27(31)22-13-15-23(18(3)28(22)35-26)36-29(32)20-10-14-24(33-4)25(17-20)34-5/h8-17H,6-7H2,1-5H3/b26-16-. The number of benzene rings is 3. The second-order valence-electron chi connectivity index (χ2n) is 8.23. The Hall–Kier alpha value is -4.26. The van der Waals surface area contributed by atoms with Gasteiger partial charge in [-0.05, 0) is 74.9 Å². The van der Waals surface area contributed by atoms with Gasteiger partial charge in [0.15, 0.2) is 17.3 Å². The number of hydrogen-bond donors (Lipinski definition) is 0. The van der Waals surface area contributed by atoms with E-state index in [2.05, 4.69) is 18.7 Å². The molecule has 186 valence electrons. The fraction of sp³-hybridized carbons (Fsp3) is 0.241. The summed E-state index contributed by atoms with van der Waals surface area (Å²) < 4.78 is 22.0. The van der Waals surface area contributed by atoms with Crippen molar-refractivity contribution < 1.29 is 28.5 Å². The molecule has 0 aliphatic carbocycles. The molecule has 0 N–H and O–H groups in total. The second kappa shape index (κ2) is 10.6. The van der Waals surface area contributed by atoms with Crippen LogP contribution in [-0.4, -0.2) is 39.1 Å². The lowest BCUT2D eigenvalue weighted by atomic mass is 10.1. The van der Waals surface area contributed by atoms with E-state index in [0.29, 0.717) is 39.7 Å². The molecule has 0 aromatic heterocycles. The van der Waals surface area contributed by atoms with Gasteiger partial charge in [0.05, 0.1) is 25.3 Å². The smallest absolute Gasteiger partial charge is 0.343 e. The van der Waals surface area contributed by atoms with Gasteiger partial charge < -0.3 is 23.8 Å². The van der Waals surface area contributed by atoms with Gasteiger partial charge >= 0.3 is 5.97 Å². The van der Waals surface area contributed by atoms with Gasteiger partial charge in [-0.25, -0.2) is 4.79 Å². The quantitative estimate of drug-likeness (QED) is 0.229. The molecule has 0 saturated heterocycles. The van der Waals surface area contributed by atoms with Crippen LogP contribution in [0.3, 0.4) is 0 Å². The molecular formula is C29H29NO6. The number of Topliss-reactive ketones (excluding diaryl/α,β-unsaturated/α-hetero) is 1. The molecule has 3 aromatic carbocycles. The van der Waals surface area contributed by atoms with Crippen LogP contribution in [0.4, 0.5) is 5.69 Å². The zero-order valence-electron chi connectivity index (χ0n) is 21.1. The number of anilines is 1. The minimum Gasteiger partial charge on any atom is -0.493 e. The van der Waals surface area contributed by atoms with Crippen molar-refractivity contribution in [2.45, 2.75) is 20.8 Å². The summed E-state index contributed by atoms with van der Waals surface area (Å²) in [5.41, 5.74) is 3.29. The Morgan fingerprint density at radius 2 is 1.58 bits per heavy atom. The van der Waals surface area contributed by atoms with E-state index < -0.39 is 5.97 Å². The van der Waals surface area contributed by atoms with Crippen molar-refractivity contribution in [3.63, 3.8) is 0 Å². The van der Waals surface area contributed by atoms with Crippen molar-refractivity contribution in [3.05, 3.63) is 82.6 Å². The first-order valence-electron chi connectivity index (χ1n) is 11.8. The van der Waals surface area contributed by atoms with Crippen LogP contribution >= 0.6 is 0 Å². The molecule has 36 heavy (non-hydrogen) atoms. The first kappa shape index (κ1) is 24.9. The predicted octanol–water partition coefficient (Wildman–Crippen LogP) is 5.69. The SMILES string of the molecule is CCN(CC)c1ccc(/C=C2\Oc3c(ccc(OC(=O)c4ccc(OC)c(OC)c4)c3C)C2=O)cc1. The normalized spacial score (nSPS) is 13.2. The number of fused-ring (bicyclic) bond motifs is 1. The highest BCUT2D eigenvalue weighted by atomic mass is 16.5. The van der Waals surface area contributed by atoms with E-state index in [1.807, 2.05) is 24.3 Å². The number of hydrogen-bond acceptors (Lipinski definition) is 7. The molecule has 1 aliphatic heterocycles. The third kappa shape index (κ3) is 4.77.